The molecule has 0 spiro atoms. The number of ether oxygens (including phenoxy) is 1. The van der Waals surface area contributed by atoms with Crippen molar-refractivity contribution in [1.82, 2.24) is 0 Å². The van der Waals surface area contributed by atoms with Crippen LogP contribution < -0.4 is 4.31 Å². The van der Waals surface area contributed by atoms with Crippen LogP contribution in [0.4, 0.5) is 5.69 Å². The summed E-state index contributed by atoms with van der Waals surface area (Å²) >= 11 is 6.00. The number of benzene rings is 2. The summed E-state index contributed by atoms with van der Waals surface area (Å²) in [6, 6.07) is 11.0. The number of hydrogen-bond donors (Lipinski definition) is 0. The molecule has 1 aliphatic rings. The zero-order chi connectivity index (χ0) is 17.3. The first-order chi connectivity index (χ1) is 11.4. The molecule has 0 aliphatic carbocycles. The van der Waals surface area contributed by atoms with Gasteiger partial charge in [0.05, 0.1) is 23.3 Å². The van der Waals surface area contributed by atoms with E-state index in [1.165, 1.54) is 35.7 Å². The third-order valence-corrected chi connectivity index (χ3v) is 6.04. The van der Waals surface area contributed by atoms with Crippen LogP contribution >= 0.6 is 11.6 Å². The van der Waals surface area contributed by atoms with Crippen molar-refractivity contribution in [3.05, 3.63) is 58.6 Å². The molecule has 5 nitrogen and oxygen atoms in total. The summed E-state index contributed by atoms with van der Waals surface area (Å²) in [6.07, 6.45) is 1.52. The summed E-state index contributed by atoms with van der Waals surface area (Å²) in [7, 11) is -2.42. The number of anilines is 1. The maximum Gasteiger partial charge on any atom is 0.337 e. The van der Waals surface area contributed by atoms with E-state index in [4.69, 9.17) is 11.6 Å². The molecule has 1 heterocycles. The summed E-state index contributed by atoms with van der Waals surface area (Å²) < 4.78 is 31.9. The number of halogens is 1. The van der Waals surface area contributed by atoms with E-state index >= 15 is 0 Å². The molecule has 3 rings (SSSR count). The SMILES string of the molecule is COC(=O)c1ccc(S(=O)(=O)N2CCCc3cc(Cl)ccc32)cc1. The number of carbonyl (C=O) groups is 1. The monoisotopic (exact) mass is 365 g/mol. The Morgan fingerprint density at radius 2 is 1.88 bits per heavy atom. The normalized spacial score (nSPS) is 14.2. The highest BCUT2D eigenvalue weighted by Gasteiger charge is 2.29. The number of fused-ring (bicyclic) bond motifs is 1. The van der Waals surface area contributed by atoms with Crippen molar-refractivity contribution in [3.8, 4) is 0 Å². The second-order valence-electron chi connectivity index (χ2n) is 5.47. The third-order valence-electron chi connectivity index (χ3n) is 3.98. The first kappa shape index (κ1) is 16.8. The zero-order valence-electron chi connectivity index (χ0n) is 13.0. The smallest absolute Gasteiger partial charge is 0.337 e. The molecule has 0 aromatic heterocycles. The van der Waals surface area contributed by atoms with Crippen LogP contribution in [0.3, 0.4) is 0 Å². The second kappa shape index (κ2) is 6.45. The molecule has 0 N–H and O–H groups in total. The molecule has 0 unspecified atom stereocenters. The van der Waals surface area contributed by atoms with Gasteiger partial charge in [-0.3, -0.25) is 4.31 Å². The lowest BCUT2D eigenvalue weighted by atomic mass is 10.0. The van der Waals surface area contributed by atoms with Gasteiger partial charge in [0.15, 0.2) is 0 Å². The van der Waals surface area contributed by atoms with Gasteiger partial charge < -0.3 is 4.74 Å². The molecule has 0 saturated heterocycles. The molecular formula is C17H16ClNO4S. The molecule has 24 heavy (non-hydrogen) atoms. The lowest BCUT2D eigenvalue weighted by Gasteiger charge is -2.30. The minimum Gasteiger partial charge on any atom is -0.465 e. The molecule has 0 atom stereocenters. The van der Waals surface area contributed by atoms with E-state index in [-0.39, 0.29) is 4.90 Å². The molecule has 126 valence electrons. The first-order valence-electron chi connectivity index (χ1n) is 7.43. The third kappa shape index (κ3) is 2.99. The number of esters is 1. The number of methoxy groups -OCH3 is 1. The summed E-state index contributed by atoms with van der Waals surface area (Å²) in [5, 5.41) is 0.593. The van der Waals surface area contributed by atoms with Crippen LogP contribution in [0.1, 0.15) is 22.3 Å². The van der Waals surface area contributed by atoms with Crippen molar-refractivity contribution in [1.29, 1.82) is 0 Å². The van der Waals surface area contributed by atoms with E-state index in [1.54, 1.807) is 18.2 Å². The van der Waals surface area contributed by atoms with Crippen LogP contribution in [0, 0.1) is 0 Å². The largest absolute Gasteiger partial charge is 0.465 e. The summed E-state index contributed by atoms with van der Waals surface area (Å²) in [4.78, 5) is 11.6. The summed E-state index contributed by atoms with van der Waals surface area (Å²) in [5.41, 5.74) is 1.88. The van der Waals surface area contributed by atoms with Crippen LogP contribution in [0.2, 0.25) is 5.02 Å². The zero-order valence-corrected chi connectivity index (χ0v) is 14.6. The van der Waals surface area contributed by atoms with Gasteiger partial charge in [0.2, 0.25) is 0 Å². The van der Waals surface area contributed by atoms with Gasteiger partial charge in [0.1, 0.15) is 0 Å². The Balaban J connectivity index is 1.99. The van der Waals surface area contributed by atoms with Gasteiger partial charge in [-0.2, -0.15) is 0 Å². The molecule has 2 aromatic rings. The first-order valence-corrected chi connectivity index (χ1v) is 9.25. The molecular weight excluding hydrogens is 350 g/mol. The van der Waals surface area contributed by atoms with Gasteiger partial charge in [0, 0.05) is 11.6 Å². The van der Waals surface area contributed by atoms with Crippen molar-refractivity contribution in [2.45, 2.75) is 17.7 Å². The standard InChI is InChI=1S/C17H16ClNO4S/c1-23-17(20)12-4-7-15(8-5-12)24(21,22)19-10-2-3-13-11-14(18)6-9-16(13)19/h4-9,11H,2-3,10H2,1H3. The van der Waals surface area contributed by atoms with Gasteiger partial charge in [0.25, 0.3) is 10.0 Å². The summed E-state index contributed by atoms with van der Waals surface area (Å²) in [6.45, 7) is 0.412. The van der Waals surface area contributed by atoms with E-state index in [0.29, 0.717) is 22.8 Å². The van der Waals surface area contributed by atoms with Gasteiger partial charge in [-0.25, -0.2) is 13.2 Å². The van der Waals surface area contributed by atoms with Crippen LogP contribution in [0.25, 0.3) is 0 Å². The van der Waals surface area contributed by atoms with Gasteiger partial charge in [-0.05, 0) is 60.9 Å². The molecule has 0 radical (unpaired) electrons. The maximum absolute atomic E-state index is 13.0. The van der Waals surface area contributed by atoms with Crippen LogP contribution in [-0.4, -0.2) is 28.0 Å². The number of nitrogens with zero attached hydrogens (tertiary/aromatic N) is 1. The average Bonchev–Trinajstić information content (AvgIpc) is 2.60. The van der Waals surface area contributed by atoms with Crippen LogP contribution in [0.15, 0.2) is 47.4 Å². The number of carbonyl (C=O) groups excluding carboxylic acids is 1. The minimum atomic E-state index is -3.70. The number of sulfonamides is 1. The Morgan fingerprint density at radius 1 is 1.17 bits per heavy atom. The molecule has 0 fully saturated rings. The Morgan fingerprint density at radius 3 is 2.54 bits per heavy atom. The lowest BCUT2D eigenvalue weighted by molar-refractivity contribution is 0.0600. The fraction of sp³-hybridized carbons (Fsp3) is 0.235. The molecule has 0 saturated carbocycles. The highest BCUT2D eigenvalue weighted by molar-refractivity contribution is 7.92. The van der Waals surface area contributed by atoms with Gasteiger partial charge in [-0.1, -0.05) is 11.6 Å². The number of hydrogen-bond acceptors (Lipinski definition) is 4. The number of rotatable bonds is 3. The average molecular weight is 366 g/mol. The highest BCUT2D eigenvalue weighted by atomic mass is 35.5. The predicted octanol–water partition coefficient (Wildman–Crippen LogP) is 3.27. The molecule has 1 aliphatic heterocycles. The Hall–Kier alpha value is -2.05. The maximum atomic E-state index is 13.0. The van der Waals surface area contributed by atoms with Crippen LogP contribution in [-0.2, 0) is 21.2 Å². The van der Waals surface area contributed by atoms with Crippen molar-refractivity contribution >= 4 is 33.3 Å². The van der Waals surface area contributed by atoms with Crippen molar-refractivity contribution < 1.29 is 17.9 Å². The molecule has 0 amide bonds. The Labute approximate surface area is 145 Å². The van der Waals surface area contributed by atoms with Crippen LogP contribution in [0.5, 0.6) is 0 Å². The van der Waals surface area contributed by atoms with E-state index in [0.717, 1.165) is 18.4 Å². The Bertz CT molecular complexity index is 878. The van der Waals surface area contributed by atoms with Crippen molar-refractivity contribution in [3.63, 3.8) is 0 Å². The number of aryl methyl sites for hydroxylation is 1. The molecule has 0 bridgehead atoms. The van der Waals surface area contributed by atoms with E-state index in [2.05, 4.69) is 4.74 Å². The molecule has 2 aromatic carbocycles. The van der Waals surface area contributed by atoms with Gasteiger partial charge >= 0.3 is 5.97 Å². The summed E-state index contributed by atoms with van der Waals surface area (Å²) in [5.74, 6) is -0.503. The second-order valence-corrected chi connectivity index (χ2v) is 7.77. The van der Waals surface area contributed by atoms with Crippen molar-refractivity contribution in [2.75, 3.05) is 18.0 Å². The predicted molar refractivity (Wildman–Crippen MR) is 92.1 cm³/mol. The van der Waals surface area contributed by atoms with Gasteiger partial charge in [-0.15, -0.1) is 0 Å². The molecule has 7 heteroatoms. The van der Waals surface area contributed by atoms with E-state index in [1.807, 2.05) is 0 Å². The fourth-order valence-electron chi connectivity index (χ4n) is 2.79. The van der Waals surface area contributed by atoms with Crippen molar-refractivity contribution in [2.24, 2.45) is 0 Å². The lowest BCUT2D eigenvalue weighted by Crippen LogP contribution is -2.35. The minimum absolute atomic E-state index is 0.137. The van der Waals surface area contributed by atoms with E-state index in [9.17, 15) is 13.2 Å². The topological polar surface area (TPSA) is 63.7 Å². The van der Waals surface area contributed by atoms with E-state index < -0.39 is 16.0 Å². The quantitative estimate of drug-likeness (QED) is 0.783. The Kier molecular flexibility index (Phi) is 4.51. The fourth-order valence-corrected chi connectivity index (χ4v) is 4.52. The highest BCUT2D eigenvalue weighted by Crippen LogP contribution is 2.33.